The van der Waals surface area contributed by atoms with E-state index in [1.807, 2.05) is 6.07 Å². The molecule has 1 aliphatic heterocycles. The largest absolute Gasteiger partial charge is 0.360 e. The number of aromatic amines is 1. The Labute approximate surface area is 231 Å². The molecule has 0 radical (unpaired) electrons. The predicted molar refractivity (Wildman–Crippen MR) is 162 cm³/mol. The lowest BCUT2D eigenvalue weighted by atomic mass is 9.96. The number of anilines is 1. The molecular formula is C35H29N3S. The van der Waals surface area contributed by atoms with Crippen LogP contribution in [0.1, 0.15) is 5.56 Å². The first-order valence-corrected chi connectivity index (χ1v) is 15.2. The summed E-state index contributed by atoms with van der Waals surface area (Å²) >= 11 is 0. The van der Waals surface area contributed by atoms with Gasteiger partial charge in [-0.3, -0.25) is 0 Å². The Kier molecular flexibility index (Phi) is 5.87. The van der Waals surface area contributed by atoms with Crippen LogP contribution in [-0.4, -0.2) is 27.6 Å². The van der Waals surface area contributed by atoms with Gasteiger partial charge in [0.05, 0.1) is 17.6 Å². The highest BCUT2D eigenvalue weighted by Crippen LogP contribution is 2.74. The molecule has 1 N–H and O–H groups in total. The summed E-state index contributed by atoms with van der Waals surface area (Å²) in [6.07, 6.45) is 20.4. The van der Waals surface area contributed by atoms with E-state index in [4.69, 9.17) is 0 Å². The Morgan fingerprint density at radius 3 is 1.77 bits per heavy atom. The van der Waals surface area contributed by atoms with Crippen molar-refractivity contribution in [2.75, 3.05) is 4.90 Å². The van der Waals surface area contributed by atoms with Gasteiger partial charge < -0.3 is 9.88 Å². The van der Waals surface area contributed by atoms with Crippen molar-refractivity contribution in [1.29, 1.82) is 5.26 Å². The van der Waals surface area contributed by atoms with Gasteiger partial charge in [-0.05, 0) is 46.2 Å². The van der Waals surface area contributed by atoms with E-state index in [-0.39, 0.29) is 22.6 Å². The molecule has 39 heavy (non-hydrogen) atoms. The second kappa shape index (κ2) is 9.69. The maximum atomic E-state index is 9.49. The number of benzene rings is 3. The Morgan fingerprint density at radius 2 is 1.21 bits per heavy atom. The summed E-state index contributed by atoms with van der Waals surface area (Å²) in [7, 11) is -1.54. The molecular weight excluding hydrogens is 494 g/mol. The quantitative estimate of drug-likeness (QED) is 0.294. The average Bonchev–Trinajstić information content (AvgIpc) is 3.50. The smallest absolute Gasteiger partial charge is 0.101 e. The van der Waals surface area contributed by atoms with E-state index in [0.717, 1.165) is 11.3 Å². The highest BCUT2D eigenvalue weighted by atomic mass is 32.3. The number of H-pyrrole nitrogens is 1. The second-order valence-corrected chi connectivity index (χ2v) is 13.6. The number of nitrogens with zero attached hydrogens (tertiary/aromatic N) is 2. The molecule has 4 heteroatoms. The molecule has 3 nitrogen and oxygen atoms in total. The van der Waals surface area contributed by atoms with E-state index in [0.29, 0.717) is 5.56 Å². The minimum Gasteiger partial charge on any atom is -0.360 e. The molecule has 0 spiro atoms. The highest BCUT2D eigenvalue weighted by molar-refractivity contribution is 8.35. The molecule has 1 aromatic heterocycles. The number of aromatic nitrogens is 1. The third kappa shape index (κ3) is 3.66. The summed E-state index contributed by atoms with van der Waals surface area (Å²) in [4.78, 5) is 8.85. The summed E-state index contributed by atoms with van der Waals surface area (Å²) in [5.74, 6) is 0. The summed E-state index contributed by atoms with van der Waals surface area (Å²) in [6, 6.07) is 35.6. The van der Waals surface area contributed by atoms with E-state index >= 15 is 0 Å². The van der Waals surface area contributed by atoms with Crippen LogP contribution in [0, 0.1) is 11.3 Å². The van der Waals surface area contributed by atoms with Crippen molar-refractivity contribution < 1.29 is 0 Å². The third-order valence-corrected chi connectivity index (χ3v) is 12.9. The van der Waals surface area contributed by atoms with Gasteiger partial charge in [-0.2, -0.15) is 15.3 Å². The Balaban J connectivity index is 1.49. The number of nitriles is 1. The zero-order valence-corrected chi connectivity index (χ0v) is 22.3. The van der Waals surface area contributed by atoms with Crippen LogP contribution in [0.3, 0.4) is 0 Å². The second-order valence-electron chi connectivity index (χ2n) is 10.1. The van der Waals surface area contributed by atoms with E-state index in [2.05, 4.69) is 149 Å². The van der Waals surface area contributed by atoms with E-state index in [1.54, 1.807) is 6.20 Å². The van der Waals surface area contributed by atoms with Gasteiger partial charge in [0.2, 0.25) is 0 Å². The van der Waals surface area contributed by atoms with Crippen molar-refractivity contribution in [3.05, 3.63) is 151 Å². The summed E-state index contributed by atoms with van der Waals surface area (Å²) in [5.41, 5.74) is 3.91. The van der Waals surface area contributed by atoms with Crippen molar-refractivity contribution in [2.45, 2.75) is 32.4 Å². The van der Waals surface area contributed by atoms with E-state index < -0.39 is 10.0 Å². The SMILES string of the molecule is N#Cc1c[nH]c(-c2ccccc2N2C3C=CC=CC3S(c3ccccc3)(c3ccccc3)C3C=CC=CC32)c1. The topological polar surface area (TPSA) is 42.8 Å². The zero-order valence-electron chi connectivity index (χ0n) is 21.5. The fourth-order valence-corrected chi connectivity index (χ4v) is 11.7. The Bertz CT molecular complexity index is 1580. The van der Waals surface area contributed by atoms with Crippen LogP contribution >= 0.6 is 10.0 Å². The monoisotopic (exact) mass is 523 g/mol. The maximum absolute atomic E-state index is 9.49. The van der Waals surface area contributed by atoms with Gasteiger partial charge in [0, 0.05) is 33.6 Å². The molecule has 3 aromatic carbocycles. The summed E-state index contributed by atoms with van der Waals surface area (Å²) in [5, 5.41) is 10.0. The van der Waals surface area contributed by atoms with E-state index in [9.17, 15) is 5.26 Å². The van der Waals surface area contributed by atoms with Gasteiger partial charge in [-0.25, -0.2) is 0 Å². The van der Waals surface area contributed by atoms with Crippen molar-refractivity contribution in [1.82, 2.24) is 4.98 Å². The van der Waals surface area contributed by atoms with Crippen molar-refractivity contribution in [3.63, 3.8) is 0 Å². The number of fused-ring (bicyclic) bond motifs is 2. The molecule has 3 aliphatic rings. The number of hydrogen-bond acceptors (Lipinski definition) is 2. The van der Waals surface area contributed by atoms with Crippen LogP contribution in [-0.2, 0) is 0 Å². The molecule has 4 unspecified atom stereocenters. The van der Waals surface area contributed by atoms with Gasteiger partial charge in [-0.1, -0.05) is 103 Å². The van der Waals surface area contributed by atoms with Gasteiger partial charge in [0.25, 0.3) is 0 Å². The molecule has 4 aromatic rings. The molecule has 1 saturated heterocycles. The number of para-hydroxylation sites is 1. The van der Waals surface area contributed by atoms with Crippen LogP contribution in [0.15, 0.2) is 156 Å². The molecule has 190 valence electrons. The lowest BCUT2D eigenvalue weighted by molar-refractivity contribution is 0.592. The first kappa shape index (κ1) is 23.6. The first-order chi connectivity index (χ1) is 19.3. The molecule has 0 saturated carbocycles. The Morgan fingerprint density at radius 1 is 0.667 bits per heavy atom. The third-order valence-electron chi connectivity index (χ3n) is 8.17. The minimum atomic E-state index is -1.54. The first-order valence-electron chi connectivity index (χ1n) is 13.4. The summed E-state index contributed by atoms with van der Waals surface area (Å²) in [6.45, 7) is 0. The average molecular weight is 524 g/mol. The minimum absolute atomic E-state index is 0.161. The molecule has 2 aliphatic carbocycles. The van der Waals surface area contributed by atoms with Crippen LogP contribution in [0.25, 0.3) is 11.3 Å². The van der Waals surface area contributed by atoms with Gasteiger partial charge in [0.1, 0.15) is 6.07 Å². The van der Waals surface area contributed by atoms with Crippen LogP contribution in [0.2, 0.25) is 0 Å². The standard InChI is InChI=1S/C35H29N3S/c36-24-26-23-30(37-25-26)29-17-7-8-18-31(29)38-32-19-9-11-21-34(32)39(27-13-3-1-4-14-27,28-15-5-2-6-16-28)35-22-12-10-20-33(35)38/h1-23,25,32-35,37H. The van der Waals surface area contributed by atoms with Gasteiger partial charge in [0.15, 0.2) is 0 Å². The predicted octanol–water partition coefficient (Wildman–Crippen LogP) is 8.02. The molecule has 4 atom stereocenters. The van der Waals surface area contributed by atoms with Crippen molar-refractivity contribution in [2.24, 2.45) is 0 Å². The lowest BCUT2D eigenvalue weighted by Gasteiger charge is -2.63. The van der Waals surface area contributed by atoms with Crippen LogP contribution in [0.4, 0.5) is 5.69 Å². The lowest BCUT2D eigenvalue weighted by Crippen LogP contribution is -2.61. The number of nitrogens with one attached hydrogen (secondary N) is 1. The van der Waals surface area contributed by atoms with Crippen molar-refractivity contribution in [3.8, 4) is 17.3 Å². The fourth-order valence-electron chi connectivity index (χ4n) is 6.64. The molecule has 1 fully saturated rings. The normalized spacial score (nSPS) is 24.9. The van der Waals surface area contributed by atoms with Gasteiger partial charge in [-0.15, -0.1) is 0 Å². The van der Waals surface area contributed by atoms with E-state index in [1.165, 1.54) is 15.5 Å². The molecule has 7 rings (SSSR count). The number of rotatable bonds is 4. The highest BCUT2D eigenvalue weighted by Gasteiger charge is 2.55. The number of allylic oxidation sites excluding steroid dienone is 4. The number of hydrogen-bond donors (Lipinski definition) is 1. The maximum Gasteiger partial charge on any atom is 0.101 e. The Hall–Kier alpha value is -4.46. The molecule has 0 amide bonds. The molecule has 2 heterocycles. The zero-order chi connectivity index (χ0) is 26.2. The van der Waals surface area contributed by atoms with Crippen molar-refractivity contribution >= 4 is 15.7 Å². The fraction of sp³-hybridized carbons (Fsp3) is 0.114. The van der Waals surface area contributed by atoms with Gasteiger partial charge >= 0.3 is 0 Å². The molecule has 0 bridgehead atoms. The summed E-state index contributed by atoms with van der Waals surface area (Å²) < 4.78 is 0. The van der Waals surface area contributed by atoms with Crippen LogP contribution in [0.5, 0.6) is 0 Å². The van der Waals surface area contributed by atoms with Crippen LogP contribution < -0.4 is 4.90 Å².